The van der Waals surface area contributed by atoms with Crippen LogP contribution in [0.1, 0.15) is 16.8 Å². The number of amides is 1. The summed E-state index contributed by atoms with van der Waals surface area (Å²) in [6.45, 7) is 2.11. The first-order valence-corrected chi connectivity index (χ1v) is 15.1. The molecule has 9 nitrogen and oxygen atoms in total. The highest BCUT2D eigenvalue weighted by atomic mass is 35.5. The van der Waals surface area contributed by atoms with Crippen LogP contribution in [0.5, 0.6) is 5.75 Å². The van der Waals surface area contributed by atoms with E-state index >= 15 is 0 Å². The summed E-state index contributed by atoms with van der Waals surface area (Å²) in [5.41, 5.74) is 4.35. The van der Waals surface area contributed by atoms with Gasteiger partial charge in [-0.1, -0.05) is 60.1 Å². The van der Waals surface area contributed by atoms with Crippen molar-refractivity contribution in [1.82, 2.24) is 19.1 Å². The van der Waals surface area contributed by atoms with Crippen LogP contribution in [-0.4, -0.2) is 25.1 Å². The van der Waals surface area contributed by atoms with Crippen LogP contribution in [0, 0.1) is 18.3 Å². The fourth-order valence-corrected chi connectivity index (χ4v) is 5.21. The molecule has 0 atom stereocenters. The Balaban J connectivity index is 1.31. The number of rotatable bonds is 9. The molecule has 0 saturated heterocycles. The first-order chi connectivity index (χ1) is 22.8. The molecule has 0 radical (unpaired) electrons. The quantitative estimate of drug-likeness (QED) is 0.134. The summed E-state index contributed by atoms with van der Waals surface area (Å²) >= 11 is 5.99. The fraction of sp³-hybridized carbons (Fsp3) is 0.0811. The Morgan fingerprint density at radius 2 is 1.57 bits per heavy atom. The first kappa shape index (κ1) is 30.9. The maximum absolute atomic E-state index is 13.5. The number of carbonyl (C=O) groups excluding carboxylic acids is 1. The average Bonchev–Trinajstić information content (AvgIpc) is 3.62. The predicted molar refractivity (Wildman–Crippen MR) is 183 cm³/mol. The third-order valence-corrected chi connectivity index (χ3v) is 7.92. The molecular formula is C37H29ClN6O3. The van der Waals surface area contributed by atoms with Crippen molar-refractivity contribution < 1.29 is 9.53 Å². The smallest absolute Gasteiger partial charge is 0.295 e. The molecule has 2 aromatic heterocycles. The van der Waals surface area contributed by atoms with Gasteiger partial charge in [-0.2, -0.15) is 10.4 Å². The summed E-state index contributed by atoms with van der Waals surface area (Å²) in [6.07, 6.45) is 3.24. The number of nitrogens with zero attached hydrogens (tertiary/aromatic N) is 5. The Morgan fingerprint density at radius 3 is 2.21 bits per heavy atom. The maximum atomic E-state index is 13.5. The van der Waals surface area contributed by atoms with E-state index in [-0.39, 0.29) is 11.3 Å². The van der Waals surface area contributed by atoms with Crippen LogP contribution in [0.15, 0.2) is 126 Å². The normalized spacial score (nSPS) is 11.2. The summed E-state index contributed by atoms with van der Waals surface area (Å²) in [5, 5.41) is 18.2. The van der Waals surface area contributed by atoms with Crippen molar-refractivity contribution >= 4 is 29.3 Å². The lowest BCUT2D eigenvalue weighted by molar-refractivity contribution is -0.112. The molecule has 0 unspecified atom stereocenters. The number of ether oxygens (including phenoxy) is 1. The summed E-state index contributed by atoms with van der Waals surface area (Å²) < 4.78 is 10.8. The molecule has 0 saturated carbocycles. The van der Waals surface area contributed by atoms with Crippen molar-refractivity contribution in [3.05, 3.63) is 153 Å². The van der Waals surface area contributed by atoms with Gasteiger partial charge in [0.05, 0.1) is 22.8 Å². The van der Waals surface area contributed by atoms with E-state index in [1.54, 1.807) is 41.7 Å². The predicted octanol–water partition coefficient (Wildman–Crippen LogP) is 7.12. The summed E-state index contributed by atoms with van der Waals surface area (Å²) in [4.78, 5) is 26.9. The second kappa shape index (κ2) is 13.5. The van der Waals surface area contributed by atoms with Gasteiger partial charge in [0.1, 0.15) is 29.7 Å². The zero-order valence-corrected chi connectivity index (χ0v) is 26.3. The van der Waals surface area contributed by atoms with Crippen LogP contribution in [0.4, 0.5) is 5.69 Å². The SMILES string of the molecule is Cc1c(NC(=O)/C(C#N)=C\c2cn(-c3ccccc3)nc2-c2ccc(OCc3ccc(Cl)cc3)cc2)c(=O)n(-c2ccccc2)n1C. The minimum absolute atomic E-state index is 0.0943. The molecule has 4 aromatic carbocycles. The minimum atomic E-state index is -0.706. The zero-order chi connectivity index (χ0) is 32.9. The number of halogens is 1. The number of hydrogen-bond donors (Lipinski definition) is 1. The summed E-state index contributed by atoms with van der Waals surface area (Å²) in [6, 6.07) is 35.5. The third-order valence-electron chi connectivity index (χ3n) is 7.67. The topological polar surface area (TPSA) is 107 Å². The van der Waals surface area contributed by atoms with Crippen molar-refractivity contribution in [3.8, 4) is 34.5 Å². The monoisotopic (exact) mass is 640 g/mol. The van der Waals surface area contributed by atoms with Gasteiger partial charge in [-0.15, -0.1) is 0 Å². The molecule has 0 aliphatic carbocycles. The molecule has 1 N–H and O–H groups in total. The Kier molecular flexibility index (Phi) is 8.86. The van der Waals surface area contributed by atoms with Gasteiger partial charge in [-0.25, -0.2) is 9.36 Å². The van der Waals surface area contributed by atoms with Crippen LogP contribution in [0.2, 0.25) is 5.02 Å². The van der Waals surface area contributed by atoms with Crippen molar-refractivity contribution in [2.75, 3.05) is 5.32 Å². The average molecular weight is 641 g/mol. The van der Waals surface area contributed by atoms with Crippen LogP contribution >= 0.6 is 11.6 Å². The lowest BCUT2D eigenvalue weighted by Gasteiger charge is -2.08. The van der Waals surface area contributed by atoms with Crippen LogP contribution in [-0.2, 0) is 18.4 Å². The number of para-hydroxylation sites is 2. The van der Waals surface area contributed by atoms with Gasteiger partial charge in [0, 0.05) is 29.4 Å². The Bertz CT molecular complexity index is 2170. The van der Waals surface area contributed by atoms with Gasteiger partial charge >= 0.3 is 0 Å². The highest BCUT2D eigenvalue weighted by Gasteiger charge is 2.21. The number of benzene rings is 4. The molecule has 6 aromatic rings. The van der Waals surface area contributed by atoms with Gasteiger partial charge in [-0.3, -0.25) is 14.3 Å². The molecule has 2 heterocycles. The molecule has 0 aliphatic heterocycles. The third kappa shape index (κ3) is 6.64. The molecule has 0 spiro atoms. The second-order valence-corrected chi connectivity index (χ2v) is 11.1. The van der Waals surface area contributed by atoms with Crippen LogP contribution in [0.25, 0.3) is 28.7 Å². The molecular weight excluding hydrogens is 612 g/mol. The van der Waals surface area contributed by atoms with Crippen LogP contribution in [0.3, 0.4) is 0 Å². The van der Waals surface area contributed by atoms with Gasteiger partial charge in [0.25, 0.3) is 11.5 Å². The lowest BCUT2D eigenvalue weighted by atomic mass is 10.1. The Labute approximate surface area is 276 Å². The van der Waals surface area contributed by atoms with Gasteiger partial charge in [0.15, 0.2) is 0 Å². The molecule has 232 valence electrons. The molecule has 0 fully saturated rings. The highest BCUT2D eigenvalue weighted by molar-refractivity contribution is 6.30. The second-order valence-electron chi connectivity index (χ2n) is 10.7. The largest absolute Gasteiger partial charge is 0.489 e. The number of nitriles is 1. The molecule has 0 bridgehead atoms. The summed E-state index contributed by atoms with van der Waals surface area (Å²) in [7, 11) is 1.73. The first-order valence-electron chi connectivity index (χ1n) is 14.7. The van der Waals surface area contributed by atoms with Gasteiger partial charge < -0.3 is 10.1 Å². The molecule has 10 heteroatoms. The van der Waals surface area contributed by atoms with Crippen molar-refractivity contribution in [2.45, 2.75) is 13.5 Å². The Morgan fingerprint density at radius 1 is 0.936 bits per heavy atom. The van der Waals surface area contributed by atoms with E-state index in [9.17, 15) is 14.9 Å². The minimum Gasteiger partial charge on any atom is -0.489 e. The van der Waals surface area contributed by atoms with Gasteiger partial charge in [0.2, 0.25) is 0 Å². The number of hydrogen-bond acceptors (Lipinski definition) is 5. The van der Waals surface area contributed by atoms with Crippen molar-refractivity contribution in [3.63, 3.8) is 0 Å². The molecule has 6 rings (SSSR count). The zero-order valence-electron chi connectivity index (χ0n) is 25.6. The van der Waals surface area contributed by atoms with E-state index in [0.717, 1.165) is 16.8 Å². The standard InChI is InChI=1S/C37H29ClN6O3/c1-25-34(37(46)44(42(25)2)32-11-7-4-8-12-32)40-36(45)28(22-39)21-29-23-43(31-9-5-3-6-10-31)41-35(29)27-15-19-33(20-16-27)47-24-26-13-17-30(38)18-14-26/h3-21,23H,24H2,1-2H3,(H,40,45)/b28-21-. The number of carbonyl (C=O) groups is 1. The maximum Gasteiger partial charge on any atom is 0.295 e. The molecule has 0 aliphatic rings. The van der Waals surface area contributed by atoms with E-state index in [1.807, 2.05) is 103 Å². The number of nitrogens with one attached hydrogen (secondary N) is 1. The fourth-order valence-electron chi connectivity index (χ4n) is 5.08. The molecule has 1 amide bonds. The number of anilines is 1. The van der Waals surface area contributed by atoms with Crippen molar-refractivity contribution in [1.29, 1.82) is 5.26 Å². The Hall–Kier alpha value is -6.11. The van der Waals surface area contributed by atoms with E-state index in [2.05, 4.69) is 5.32 Å². The van der Waals surface area contributed by atoms with E-state index < -0.39 is 11.5 Å². The van der Waals surface area contributed by atoms with E-state index in [4.69, 9.17) is 21.4 Å². The van der Waals surface area contributed by atoms with Gasteiger partial charge in [-0.05, 0) is 79.2 Å². The summed E-state index contributed by atoms with van der Waals surface area (Å²) in [5.74, 6) is -0.0392. The van der Waals surface area contributed by atoms with Crippen LogP contribution < -0.4 is 15.6 Å². The highest BCUT2D eigenvalue weighted by Crippen LogP contribution is 2.28. The van der Waals surface area contributed by atoms with Crippen molar-refractivity contribution in [2.24, 2.45) is 7.05 Å². The lowest BCUT2D eigenvalue weighted by Crippen LogP contribution is -2.23. The van der Waals surface area contributed by atoms with E-state index in [0.29, 0.717) is 40.0 Å². The number of aromatic nitrogens is 4. The molecule has 47 heavy (non-hydrogen) atoms. The van der Waals surface area contributed by atoms with E-state index in [1.165, 1.54) is 10.8 Å².